The maximum atomic E-state index is 8.94. The molecule has 84 valence electrons. The lowest BCUT2D eigenvalue weighted by Crippen LogP contribution is -2.34. The van der Waals surface area contributed by atoms with Gasteiger partial charge in [-0.25, -0.2) is 0 Å². The summed E-state index contributed by atoms with van der Waals surface area (Å²) in [4.78, 5) is 2.40. The summed E-state index contributed by atoms with van der Waals surface area (Å²) in [6.45, 7) is 5.17. The molecule has 0 N–H and O–H groups in total. The highest BCUT2D eigenvalue weighted by Crippen LogP contribution is 2.18. The molecule has 1 aliphatic rings. The molecule has 1 aromatic carbocycles. The molecule has 2 rings (SSSR count). The maximum Gasteiger partial charge on any atom is 0.0669 e. The van der Waals surface area contributed by atoms with Gasteiger partial charge in [-0.05, 0) is 31.9 Å². The van der Waals surface area contributed by atoms with Crippen LogP contribution in [0.4, 0.5) is 0 Å². The van der Waals surface area contributed by atoms with E-state index in [0.717, 1.165) is 32.5 Å². The summed E-state index contributed by atoms with van der Waals surface area (Å²) in [5.74, 6) is 0.235. The van der Waals surface area contributed by atoms with Crippen LogP contribution in [0.25, 0.3) is 0 Å². The van der Waals surface area contributed by atoms with Crippen molar-refractivity contribution in [3.63, 3.8) is 0 Å². The maximum absolute atomic E-state index is 8.94. The second-order valence-corrected chi connectivity index (χ2v) is 4.69. The molecule has 0 amide bonds. The van der Waals surface area contributed by atoms with Crippen molar-refractivity contribution in [2.24, 2.45) is 5.92 Å². The highest BCUT2D eigenvalue weighted by atomic mass is 15.1. The molecular formula is C14H18N2. The van der Waals surface area contributed by atoms with Crippen molar-refractivity contribution in [1.82, 2.24) is 4.90 Å². The smallest absolute Gasteiger partial charge is 0.0669 e. The summed E-state index contributed by atoms with van der Waals surface area (Å²) in [6, 6.07) is 11.0. The number of benzene rings is 1. The topological polar surface area (TPSA) is 27.0 Å². The van der Waals surface area contributed by atoms with Gasteiger partial charge in [-0.15, -0.1) is 0 Å². The summed E-state index contributed by atoms with van der Waals surface area (Å²) in [6.07, 6.45) is 2.23. The third-order valence-corrected chi connectivity index (χ3v) is 3.18. The zero-order valence-corrected chi connectivity index (χ0v) is 9.82. The SMILES string of the molecule is Cc1cccc(CN2CCCC(C#N)C2)c1. The number of hydrogen-bond acceptors (Lipinski definition) is 2. The second-order valence-electron chi connectivity index (χ2n) is 4.69. The molecule has 0 spiro atoms. The predicted molar refractivity (Wildman–Crippen MR) is 64.8 cm³/mol. The standard InChI is InChI=1S/C14H18N2/c1-12-4-2-5-13(8-12)10-16-7-3-6-14(9-15)11-16/h2,4-5,8,14H,3,6-7,10-11H2,1H3. The average Bonchev–Trinajstić information content (AvgIpc) is 2.29. The Kier molecular flexibility index (Phi) is 3.58. The fourth-order valence-corrected chi connectivity index (χ4v) is 2.37. The van der Waals surface area contributed by atoms with Crippen LogP contribution in [0.15, 0.2) is 24.3 Å². The van der Waals surface area contributed by atoms with Crippen LogP contribution in [0.5, 0.6) is 0 Å². The number of hydrogen-bond donors (Lipinski definition) is 0. The number of likely N-dealkylation sites (tertiary alicyclic amines) is 1. The number of nitriles is 1. The number of aryl methyl sites for hydroxylation is 1. The van der Waals surface area contributed by atoms with Crippen LogP contribution >= 0.6 is 0 Å². The highest BCUT2D eigenvalue weighted by molar-refractivity contribution is 5.22. The molecule has 1 atom stereocenters. The van der Waals surface area contributed by atoms with Crippen LogP contribution in [0.3, 0.4) is 0 Å². The molecular weight excluding hydrogens is 196 g/mol. The molecule has 0 aromatic heterocycles. The van der Waals surface area contributed by atoms with Crippen LogP contribution < -0.4 is 0 Å². The van der Waals surface area contributed by atoms with E-state index in [9.17, 15) is 0 Å². The zero-order chi connectivity index (χ0) is 11.4. The van der Waals surface area contributed by atoms with Gasteiger partial charge in [-0.3, -0.25) is 4.90 Å². The molecule has 0 aliphatic carbocycles. The van der Waals surface area contributed by atoms with Gasteiger partial charge in [0.1, 0.15) is 0 Å². The molecule has 1 heterocycles. The fraction of sp³-hybridized carbons (Fsp3) is 0.500. The molecule has 1 aliphatic heterocycles. The number of rotatable bonds is 2. The van der Waals surface area contributed by atoms with Crippen molar-refractivity contribution in [2.45, 2.75) is 26.3 Å². The van der Waals surface area contributed by atoms with E-state index in [-0.39, 0.29) is 5.92 Å². The van der Waals surface area contributed by atoms with Gasteiger partial charge in [0.25, 0.3) is 0 Å². The van der Waals surface area contributed by atoms with Crippen LogP contribution in [-0.4, -0.2) is 18.0 Å². The van der Waals surface area contributed by atoms with Crippen molar-refractivity contribution in [3.8, 4) is 6.07 Å². The first-order chi connectivity index (χ1) is 7.78. The first kappa shape index (κ1) is 11.2. The Morgan fingerprint density at radius 1 is 1.50 bits per heavy atom. The van der Waals surface area contributed by atoms with E-state index >= 15 is 0 Å². The fourth-order valence-electron chi connectivity index (χ4n) is 2.37. The largest absolute Gasteiger partial charge is 0.298 e. The van der Waals surface area contributed by atoms with E-state index in [2.05, 4.69) is 42.2 Å². The normalized spacial score (nSPS) is 21.6. The third-order valence-electron chi connectivity index (χ3n) is 3.18. The van der Waals surface area contributed by atoms with E-state index in [1.165, 1.54) is 11.1 Å². The Morgan fingerprint density at radius 2 is 2.38 bits per heavy atom. The molecule has 2 nitrogen and oxygen atoms in total. The monoisotopic (exact) mass is 214 g/mol. The molecule has 0 bridgehead atoms. The minimum Gasteiger partial charge on any atom is -0.298 e. The van der Waals surface area contributed by atoms with Crippen LogP contribution in [0, 0.1) is 24.2 Å². The van der Waals surface area contributed by atoms with E-state index in [1.807, 2.05) is 0 Å². The first-order valence-electron chi connectivity index (χ1n) is 5.95. The van der Waals surface area contributed by atoms with Crippen molar-refractivity contribution < 1.29 is 0 Å². The van der Waals surface area contributed by atoms with Gasteiger partial charge in [-0.1, -0.05) is 29.8 Å². The molecule has 16 heavy (non-hydrogen) atoms. The van der Waals surface area contributed by atoms with E-state index < -0.39 is 0 Å². The Labute approximate surface area is 97.5 Å². The van der Waals surface area contributed by atoms with Crippen molar-refractivity contribution in [3.05, 3.63) is 35.4 Å². The van der Waals surface area contributed by atoms with Gasteiger partial charge in [0.05, 0.1) is 12.0 Å². The lowest BCUT2D eigenvalue weighted by Gasteiger charge is -2.29. The predicted octanol–water partition coefficient (Wildman–Crippen LogP) is 2.73. The summed E-state index contributed by atoms with van der Waals surface area (Å²) >= 11 is 0. The minimum absolute atomic E-state index is 0.235. The average molecular weight is 214 g/mol. The quantitative estimate of drug-likeness (QED) is 0.757. The van der Waals surface area contributed by atoms with Gasteiger partial charge in [0.15, 0.2) is 0 Å². The Bertz CT molecular complexity index is 392. The zero-order valence-electron chi connectivity index (χ0n) is 9.82. The van der Waals surface area contributed by atoms with E-state index in [4.69, 9.17) is 5.26 Å². The molecule has 0 radical (unpaired) electrons. The summed E-state index contributed by atoms with van der Waals surface area (Å²) in [5, 5.41) is 8.94. The summed E-state index contributed by atoms with van der Waals surface area (Å²) < 4.78 is 0. The Hall–Kier alpha value is -1.33. The molecule has 0 saturated carbocycles. The van der Waals surface area contributed by atoms with Crippen LogP contribution in [0.1, 0.15) is 24.0 Å². The first-order valence-corrected chi connectivity index (χ1v) is 5.95. The molecule has 1 unspecified atom stereocenters. The van der Waals surface area contributed by atoms with Gasteiger partial charge >= 0.3 is 0 Å². The number of piperidine rings is 1. The van der Waals surface area contributed by atoms with E-state index in [0.29, 0.717) is 0 Å². The molecule has 1 saturated heterocycles. The van der Waals surface area contributed by atoms with Crippen LogP contribution in [0.2, 0.25) is 0 Å². The van der Waals surface area contributed by atoms with Crippen LogP contribution in [-0.2, 0) is 6.54 Å². The van der Waals surface area contributed by atoms with E-state index in [1.54, 1.807) is 0 Å². The molecule has 1 fully saturated rings. The van der Waals surface area contributed by atoms with Crippen molar-refractivity contribution in [1.29, 1.82) is 5.26 Å². The number of nitrogens with zero attached hydrogens (tertiary/aromatic N) is 2. The lowest BCUT2D eigenvalue weighted by atomic mass is 9.99. The van der Waals surface area contributed by atoms with Gasteiger partial charge in [-0.2, -0.15) is 5.26 Å². The summed E-state index contributed by atoms with van der Waals surface area (Å²) in [7, 11) is 0. The van der Waals surface area contributed by atoms with Crippen molar-refractivity contribution in [2.75, 3.05) is 13.1 Å². The third kappa shape index (κ3) is 2.84. The van der Waals surface area contributed by atoms with Gasteiger partial charge < -0.3 is 0 Å². The van der Waals surface area contributed by atoms with Crippen molar-refractivity contribution >= 4 is 0 Å². The molecule has 2 heteroatoms. The Balaban J connectivity index is 1.97. The van der Waals surface area contributed by atoms with Gasteiger partial charge in [0.2, 0.25) is 0 Å². The Morgan fingerprint density at radius 3 is 3.12 bits per heavy atom. The molecule has 1 aromatic rings. The highest BCUT2D eigenvalue weighted by Gasteiger charge is 2.19. The lowest BCUT2D eigenvalue weighted by molar-refractivity contribution is 0.192. The summed E-state index contributed by atoms with van der Waals surface area (Å²) in [5.41, 5.74) is 2.67. The minimum atomic E-state index is 0.235. The second kappa shape index (κ2) is 5.14. The van der Waals surface area contributed by atoms with Gasteiger partial charge in [0, 0.05) is 13.1 Å².